The molecule has 0 aliphatic heterocycles. The molecule has 1 aromatic heterocycles. The molecular weight excluding hydrogens is 374 g/mol. The zero-order valence-corrected chi connectivity index (χ0v) is 18.3. The summed E-state index contributed by atoms with van der Waals surface area (Å²) < 4.78 is 9.75. The summed E-state index contributed by atoms with van der Waals surface area (Å²) in [6.45, 7) is 8.56. The molecule has 0 aliphatic carbocycles. The maximum absolute atomic E-state index is 12.0. The lowest BCUT2D eigenvalue weighted by atomic mass is 10.2. The van der Waals surface area contributed by atoms with Crippen LogP contribution in [0.5, 0.6) is 5.75 Å². The first-order chi connectivity index (χ1) is 13.3. The van der Waals surface area contributed by atoms with Crippen molar-refractivity contribution in [3.05, 3.63) is 29.0 Å². The normalized spacial score (nSPS) is 11.2. The van der Waals surface area contributed by atoms with Crippen molar-refractivity contribution in [3.63, 3.8) is 0 Å². The minimum absolute atomic E-state index is 0.00728. The van der Waals surface area contributed by atoms with E-state index < -0.39 is 0 Å². The van der Waals surface area contributed by atoms with Crippen molar-refractivity contribution in [3.8, 4) is 17.1 Å². The zero-order valence-electron chi connectivity index (χ0n) is 17.4. The van der Waals surface area contributed by atoms with Crippen molar-refractivity contribution in [2.24, 2.45) is 5.92 Å². The predicted octanol–water partition coefficient (Wildman–Crippen LogP) is 3.16. The number of aromatic nitrogens is 3. The topological polar surface area (TPSA) is 64.3 Å². The van der Waals surface area contributed by atoms with Crippen molar-refractivity contribution in [2.75, 3.05) is 27.2 Å². The Labute approximate surface area is 172 Å². The van der Waals surface area contributed by atoms with Gasteiger partial charge in [0.25, 0.3) is 0 Å². The molecule has 1 heterocycles. The molecule has 1 N–H and O–H groups in total. The second-order valence-electron chi connectivity index (χ2n) is 7.34. The summed E-state index contributed by atoms with van der Waals surface area (Å²) in [5, 5.41) is 7.65. The SMILES string of the molecule is CCCNC(=O)CN(C)Cn1nc(-c2ccc(OC)cc2)n(CC(C)C)c1=S. The van der Waals surface area contributed by atoms with Crippen LogP contribution in [0.2, 0.25) is 0 Å². The van der Waals surface area contributed by atoms with Gasteiger partial charge in [-0.2, -0.15) is 5.10 Å². The third kappa shape index (κ3) is 5.90. The van der Waals surface area contributed by atoms with E-state index in [2.05, 4.69) is 23.7 Å². The van der Waals surface area contributed by atoms with Crippen LogP contribution in [0, 0.1) is 10.7 Å². The maximum atomic E-state index is 12.0. The third-order valence-electron chi connectivity index (χ3n) is 4.18. The molecule has 7 nitrogen and oxygen atoms in total. The number of likely N-dealkylation sites (N-methyl/N-ethyl adjacent to an activating group) is 1. The number of ether oxygens (including phenoxy) is 1. The Morgan fingerprint density at radius 1 is 1.32 bits per heavy atom. The van der Waals surface area contributed by atoms with Crippen LogP contribution in [0.15, 0.2) is 24.3 Å². The van der Waals surface area contributed by atoms with E-state index in [4.69, 9.17) is 22.1 Å². The second kappa shape index (κ2) is 10.4. The second-order valence-corrected chi connectivity index (χ2v) is 7.71. The number of nitrogens with zero attached hydrogens (tertiary/aromatic N) is 4. The van der Waals surface area contributed by atoms with Crippen molar-refractivity contribution >= 4 is 18.1 Å². The van der Waals surface area contributed by atoms with E-state index >= 15 is 0 Å². The van der Waals surface area contributed by atoms with E-state index in [0.29, 0.717) is 30.4 Å². The van der Waals surface area contributed by atoms with E-state index in [1.54, 1.807) is 11.8 Å². The number of carbonyl (C=O) groups excluding carboxylic acids is 1. The van der Waals surface area contributed by atoms with Crippen molar-refractivity contribution in [2.45, 2.75) is 40.4 Å². The quantitative estimate of drug-likeness (QED) is 0.615. The summed E-state index contributed by atoms with van der Waals surface area (Å²) in [7, 11) is 3.54. The molecule has 0 fully saturated rings. The molecule has 0 spiro atoms. The highest BCUT2D eigenvalue weighted by Crippen LogP contribution is 2.22. The first-order valence-corrected chi connectivity index (χ1v) is 10.0. The molecule has 0 aliphatic rings. The van der Waals surface area contributed by atoms with Gasteiger partial charge in [0.15, 0.2) is 10.6 Å². The highest BCUT2D eigenvalue weighted by Gasteiger charge is 2.16. The predicted molar refractivity (Wildman–Crippen MR) is 114 cm³/mol. The van der Waals surface area contributed by atoms with Crippen LogP contribution < -0.4 is 10.1 Å². The summed E-state index contributed by atoms with van der Waals surface area (Å²) in [5.74, 6) is 2.06. The highest BCUT2D eigenvalue weighted by molar-refractivity contribution is 7.71. The molecule has 2 rings (SSSR count). The van der Waals surface area contributed by atoms with Gasteiger partial charge in [-0.3, -0.25) is 14.3 Å². The van der Waals surface area contributed by atoms with E-state index in [1.165, 1.54) is 0 Å². The van der Waals surface area contributed by atoms with Gasteiger partial charge in [0.1, 0.15) is 5.75 Å². The molecule has 154 valence electrons. The molecule has 2 aromatic rings. The van der Waals surface area contributed by atoms with Crippen LogP contribution in [0.3, 0.4) is 0 Å². The average molecular weight is 406 g/mol. The van der Waals surface area contributed by atoms with Crippen molar-refractivity contribution in [1.29, 1.82) is 0 Å². The van der Waals surface area contributed by atoms with E-state index in [0.717, 1.165) is 30.1 Å². The number of methoxy groups -OCH3 is 1. The molecule has 1 aromatic carbocycles. The fourth-order valence-electron chi connectivity index (χ4n) is 2.86. The lowest BCUT2D eigenvalue weighted by Gasteiger charge is -2.15. The Morgan fingerprint density at radius 2 is 2.00 bits per heavy atom. The first-order valence-electron chi connectivity index (χ1n) is 9.63. The number of hydrogen-bond donors (Lipinski definition) is 1. The van der Waals surface area contributed by atoms with Gasteiger partial charge in [0, 0.05) is 18.7 Å². The molecule has 28 heavy (non-hydrogen) atoms. The van der Waals surface area contributed by atoms with Crippen LogP contribution in [0.1, 0.15) is 27.2 Å². The molecule has 0 saturated carbocycles. The fourth-order valence-corrected chi connectivity index (χ4v) is 3.12. The summed E-state index contributed by atoms with van der Waals surface area (Å²) in [4.78, 5) is 13.9. The number of carbonyl (C=O) groups is 1. The lowest BCUT2D eigenvalue weighted by Crippen LogP contribution is -2.36. The smallest absolute Gasteiger partial charge is 0.234 e. The zero-order chi connectivity index (χ0) is 20.7. The molecule has 1 amide bonds. The van der Waals surface area contributed by atoms with Crippen molar-refractivity contribution in [1.82, 2.24) is 24.6 Å². The van der Waals surface area contributed by atoms with Crippen LogP contribution in [-0.2, 0) is 18.0 Å². The lowest BCUT2D eigenvalue weighted by molar-refractivity contribution is -0.122. The molecule has 8 heteroatoms. The highest BCUT2D eigenvalue weighted by atomic mass is 32.1. The van der Waals surface area contributed by atoms with Crippen LogP contribution in [-0.4, -0.2) is 52.4 Å². The van der Waals surface area contributed by atoms with E-state index in [9.17, 15) is 4.79 Å². The van der Waals surface area contributed by atoms with Crippen molar-refractivity contribution < 1.29 is 9.53 Å². The molecule has 0 bridgehead atoms. The summed E-state index contributed by atoms with van der Waals surface area (Å²) >= 11 is 5.69. The van der Waals surface area contributed by atoms with Gasteiger partial charge in [-0.05, 0) is 55.9 Å². The van der Waals surface area contributed by atoms with Gasteiger partial charge in [-0.25, -0.2) is 4.68 Å². The van der Waals surface area contributed by atoms with Crippen LogP contribution in [0.4, 0.5) is 0 Å². The first kappa shape index (κ1) is 22.1. The standard InChI is InChI=1S/C20H31N5O2S/c1-6-11-21-18(26)13-23(4)14-25-20(28)24(12-15(2)3)19(22-25)16-7-9-17(27-5)10-8-16/h7-10,15H,6,11-14H2,1-5H3,(H,21,26). The average Bonchev–Trinajstić information content (AvgIpc) is 2.95. The largest absolute Gasteiger partial charge is 0.497 e. The third-order valence-corrected chi connectivity index (χ3v) is 4.61. The Bertz CT molecular complexity index is 826. The summed E-state index contributed by atoms with van der Waals surface area (Å²) in [6.07, 6.45) is 0.922. The van der Waals surface area contributed by atoms with Gasteiger partial charge in [0.2, 0.25) is 5.91 Å². The monoisotopic (exact) mass is 405 g/mol. The van der Waals surface area contributed by atoms with E-state index in [-0.39, 0.29) is 5.91 Å². The fraction of sp³-hybridized carbons (Fsp3) is 0.550. The van der Waals surface area contributed by atoms with Gasteiger partial charge in [-0.1, -0.05) is 20.8 Å². The molecule has 0 saturated heterocycles. The number of rotatable bonds is 10. The number of nitrogens with one attached hydrogen (secondary N) is 1. The van der Waals surface area contributed by atoms with Crippen LogP contribution in [0.25, 0.3) is 11.4 Å². The minimum atomic E-state index is 0.00728. The molecular formula is C20H31N5O2S. The van der Waals surface area contributed by atoms with Gasteiger partial charge in [-0.15, -0.1) is 0 Å². The Balaban J connectivity index is 2.26. The van der Waals surface area contributed by atoms with Gasteiger partial charge >= 0.3 is 0 Å². The molecule has 0 unspecified atom stereocenters. The number of hydrogen-bond acceptors (Lipinski definition) is 5. The Kier molecular flexibility index (Phi) is 8.19. The minimum Gasteiger partial charge on any atom is -0.497 e. The van der Waals surface area contributed by atoms with E-state index in [1.807, 2.05) is 43.1 Å². The van der Waals surface area contributed by atoms with Crippen LogP contribution >= 0.6 is 12.2 Å². The van der Waals surface area contributed by atoms with Gasteiger partial charge in [0.05, 0.1) is 20.3 Å². The summed E-state index contributed by atoms with van der Waals surface area (Å²) in [5.41, 5.74) is 0.981. The molecule has 0 atom stereocenters. The Morgan fingerprint density at radius 3 is 2.57 bits per heavy atom. The summed E-state index contributed by atoms with van der Waals surface area (Å²) in [6, 6.07) is 7.81. The molecule has 0 radical (unpaired) electrons. The number of benzene rings is 1. The number of amides is 1. The maximum Gasteiger partial charge on any atom is 0.234 e. The Hall–Kier alpha value is -2.19. The van der Waals surface area contributed by atoms with Gasteiger partial charge < -0.3 is 10.1 Å².